The molecule has 2 N–H and O–H groups in total. The molecule has 6 rings (SSSR count). The number of hydrogen-bond donors (Lipinski definition) is 2. The van der Waals surface area contributed by atoms with Gasteiger partial charge in [-0.25, -0.2) is 9.37 Å². The van der Waals surface area contributed by atoms with E-state index >= 15 is 0 Å². The summed E-state index contributed by atoms with van der Waals surface area (Å²) in [7, 11) is 3.14. The van der Waals surface area contributed by atoms with E-state index in [0.717, 1.165) is 25.7 Å². The fourth-order valence-electron chi connectivity index (χ4n) is 5.98. The van der Waals surface area contributed by atoms with Gasteiger partial charge in [-0.2, -0.15) is 10.1 Å². The number of aromatic nitrogens is 4. The molecule has 0 spiro atoms. The molecule has 1 aliphatic heterocycles. The van der Waals surface area contributed by atoms with Crippen molar-refractivity contribution >= 4 is 45.6 Å². The molecule has 1 amide bonds. The van der Waals surface area contributed by atoms with Gasteiger partial charge in [0.2, 0.25) is 5.95 Å². The van der Waals surface area contributed by atoms with Crippen LogP contribution in [0.25, 0.3) is 10.9 Å². The molecular formula is C30H34FN7O3. The van der Waals surface area contributed by atoms with E-state index in [9.17, 15) is 9.18 Å². The summed E-state index contributed by atoms with van der Waals surface area (Å²) in [5.74, 6) is 1.54. The molecule has 1 aliphatic carbocycles. The van der Waals surface area contributed by atoms with Gasteiger partial charge in [0.05, 0.1) is 32.3 Å². The molecule has 1 saturated carbocycles. The average molecular weight is 560 g/mol. The van der Waals surface area contributed by atoms with Gasteiger partial charge in [0.25, 0.3) is 5.91 Å². The van der Waals surface area contributed by atoms with Crippen LogP contribution < -0.4 is 24.6 Å². The monoisotopic (exact) mass is 559 g/mol. The Hall–Kier alpha value is -4.41. The van der Waals surface area contributed by atoms with Crippen LogP contribution in [0, 0.1) is 11.2 Å². The van der Waals surface area contributed by atoms with Crippen molar-refractivity contribution in [3.8, 4) is 11.5 Å². The summed E-state index contributed by atoms with van der Waals surface area (Å²) in [5.41, 5.74) is 2.31. The Morgan fingerprint density at radius 2 is 1.83 bits per heavy atom. The van der Waals surface area contributed by atoms with Crippen LogP contribution in [0.2, 0.25) is 0 Å². The highest BCUT2D eigenvalue weighted by atomic mass is 19.1. The molecule has 1 fully saturated rings. The third kappa shape index (κ3) is 4.79. The van der Waals surface area contributed by atoms with Crippen LogP contribution in [0.4, 0.5) is 33.2 Å². The first kappa shape index (κ1) is 26.8. The molecule has 41 heavy (non-hydrogen) atoms. The zero-order valence-corrected chi connectivity index (χ0v) is 23.9. The molecule has 0 unspecified atom stereocenters. The normalized spacial score (nSPS) is 18.9. The van der Waals surface area contributed by atoms with Crippen molar-refractivity contribution in [1.29, 1.82) is 0 Å². The molecule has 0 radical (unpaired) electrons. The number of hydrogen-bond acceptors (Lipinski definition) is 8. The third-order valence-corrected chi connectivity index (χ3v) is 8.31. The third-order valence-electron chi connectivity index (χ3n) is 8.31. The van der Waals surface area contributed by atoms with Crippen molar-refractivity contribution in [3.05, 3.63) is 48.5 Å². The predicted octanol–water partition coefficient (Wildman–Crippen LogP) is 6.09. The Bertz CT molecular complexity index is 1610. The molecule has 10 nitrogen and oxygen atoms in total. The first-order valence-corrected chi connectivity index (χ1v) is 13.8. The largest absolute Gasteiger partial charge is 0.493 e. The SMILES string of the molecule is COc1ccc(N2C(=O)[C@@H](C)N(C3CCC(C)(C)CC3)c3nc(Nc4cc(F)c5[nH]ncc5c4)ncc32)cc1OC. The summed E-state index contributed by atoms with van der Waals surface area (Å²) >= 11 is 0. The van der Waals surface area contributed by atoms with Gasteiger partial charge in [-0.05, 0) is 62.3 Å². The molecule has 2 aromatic carbocycles. The number of ether oxygens (including phenoxy) is 2. The quantitative estimate of drug-likeness (QED) is 0.292. The van der Waals surface area contributed by atoms with Gasteiger partial charge in [-0.3, -0.25) is 14.8 Å². The summed E-state index contributed by atoms with van der Waals surface area (Å²) < 4.78 is 25.6. The lowest BCUT2D eigenvalue weighted by Crippen LogP contribution is -2.55. The second-order valence-corrected chi connectivity index (χ2v) is 11.5. The van der Waals surface area contributed by atoms with Crippen LogP contribution in [0.3, 0.4) is 0 Å². The van der Waals surface area contributed by atoms with Crippen molar-refractivity contribution in [2.75, 3.05) is 29.3 Å². The van der Waals surface area contributed by atoms with Crippen LogP contribution in [-0.4, -0.2) is 52.4 Å². The number of benzene rings is 2. The summed E-state index contributed by atoms with van der Waals surface area (Å²) in [4.78, 5) is 27.3. The maximum atomic E-state index is 14.6. The first-order valence-electron chi connectivity index (χ1n) is 13.8. The summed E-state index contributed by atoms with van der Waals surface area (Å²) in [5, 5.41) is 10.4. The predicted molar refractivity (Wildman–Crippen MR) is 156 cm³/mol. The van der Waals surface area contributed by atoms with Crippen LogP contribution in [0.5, 0.6) is 11.5 Å². The maximum absolute atomic E-state index is 14.6. The lowest BCUT2D eigenvalue weighted by Gasteiger charge is -2.47. The van der Waals surface area contributed by atoms with Crippen LogP contribution in [0.1, 0.15) is 46.5 Å². The van der Waals surface area contributed by atoms with E-state index in [-0.39, 0.29) is 17.4 Å². The summed E-state index contributed by atoms with van der Waals surface area (Å²) in [6.07, 6.45) is 7.24. The Morgan fingerprint density at radius 1 is 1.07 bits per heavy atom. The van der Waals surface area contributed by atoms with E-state index in [1.807, 2.05) is 13.0 Å². The highest BCUT2D eigenvalue weighted by Crippen LogP contribution is 2.46. The van der Waals surface area contributed by atoms with Gasteiger partial charge in [0.1, 0.15) is 17.2 Å². The zero-order valence-electron chi connectivity index (χ0n) is 23.9. The Kier molecular flexibility index (Phi) is 6.67. The number of anilines is 5. The van der Waals surface area contributed by atoms with Gasteiger partial charge in [-0.1, -0.05) is 13.8 Å². The fraction of sp³-hybridized carbons (Fsp3) is 0.400. The second-order valence-electron chi connectivity index (χ2n) is 11.5. The number of nitrogens with zero attached hydrogens (tertiary/aromatic N) is 5. The number of methoxy groups -OCH3 is 2. The lowest BCUT2D eigenvalue weighted by molar-refractivity contribution is -0.119. The number of amides is 1. The van der Waals surface area contributed by atoms with Crippen molar-refractivity contribution in [1.82, 2.24) is 20.2 Å². The van der Waals surface area contributed by atoms with Crippen LogP contribution >= 0.6 is 0 Å². The Labute approximate surface area is 237 Å². The summed E-state index contributed by atoms with van der Waals surface area (Å²) in [6, 6.07) is 8.23. The standard InChI is InChI=1S/C30H34FN7O3/c1-17-28(39)38(21-6-7-24(40-4)25(14-21)41-5)23-16-32-29(34-19-12-18-15-33-36-26(18)22(31)13-19)35-27(23)37(17)20-8-10-30(2,3)11-9-20/h6-7,12-17,20H,8-11H2,1-5H3,(H,33,36)(H,32,34,35)/t17-/m1/s1. The highest BCUT2D eigenvalue weighted by Gasteiger charge is 2.43. The smallest absolute Gasteiger partial charge is 0.254 e. The summed E-state index contributed by atoms with van der Waals surface area (Å²) in [6.45, 7) is 6.51. The van der Waals surface area contributed by atoms with Crippen molar-refractivity contribution in [3.63, 3.8) is 0 Å². The number of halogens is 1. The van der Waals surface area contributed by atoms with Gasteiger partial charge in [0, 0.05) is 23.2 Å². The lowest BCUT2D eigenvalue weighted by atomic mass is 9.75. The van der Waals surface area contributed by atoms with Crippen molar-refractivity contribution in [2.45, 2.75) is 58.5 Å². The molecule has 0 saturated heterocycles. The number of carbonyl (C=O) groups excluding carboxylic acids is 1. The number of nitrogens with one attached hydrogen (secondary N) is 2. The topological polar surface area (TPSA) is 109 Å². The zero-order chi connectivity index (χ0) is 28.9. The Balaban J connectivity index is 1.44. The molecule has 0 bridgehead atoms. The van der Waals surface area contributed by atoms with Crippen molar-refractivity contribution < 1.29 is 18.7 Å². The van der Waals surface area contributed by atoms with Crippen LogP contribution in [-0.2, 0) is 4.79 Å². The molecule has 4 aromatic rings. The highest BCUT2D eigenvalue weighted by molar-refractivity contribution is 6.10. The molecule has 2 aliphatic rings. The number of carbonyl (C=O) groups is 1. The van der Waals surface area contributed by atoms with E-state index in [1.54, 1.807) is 49.7 Å². The molecule has 3 heterocycles. The number of rotatable bonds is 6. The molecular weight excluding hydrogens is 525 g/mol. The first-order chi connectivity index (χ1) is 19.7. The molecule has 1 atom stereocenters. The van der Waals surface area contributed by atoms with Crippen LogP contribution in [0.15, 0.2) is 42.7 Å². The minimum Gasteiger partial charge on any atom is -0.493 e. The van der Waals surface area contributed by atoms with E-state index in [0.29, 0.717) is 51.2 Å². The van der Waals surface area contributed by atoms with Gasteiger partial charge >= 0.3 is 0 Å². The molecule has 2 aromatic heterocycles. The number of H-pyrrole nitrogens is 1. The van der Waals surface area contributed by atoms with Gasteiger partial charge in [-0.15, -0.1) is 0 Å². The van der Waals surface area contributed by atoms with Gasteiger partial charge < -0.3 is 19.7 Å². The number of aromatic amines is 1. The van der Waals surface area contributed by atoms with Crippen molar-refractivity contribution in [2.24, 2.45) is 5.41 Å². The van der Waals surface area contributed by atoms with E-state index in [4.69, 9.17) is 14.5 Å². The second kappa shape index (κ2) is 10.2. The maximum Gasteiger partial charge on any atom is 0.254 e. The molecule has 11 heteroatoms. The fourth-order valence-corrected chi connectivity index (χ4v) is 5.98. The number of fused-ring (bicyclic) bond motifs is 2. The minimum atomic E-state index is -0.468. The Morgan fingerprint density at radius 3 is 2.56 bits per heavy atom. The van der Waals surface area contributed by atoms with Gasteiger partial charge in [0.15, 0.2) is 23.1 Å². The minimum absolute atomic E-state index is 0.0775. The molecule has 214 valence electrons. The average Bonchev–Trinajstić information content (AvgIpc) is 3.44. The van der Waals surface area contributed by atoms with E-state index in [2.05, 4.69) is 39.2 Å². The van der Waals surface area contributed by atoms with E-state index in [1.165, 1.54) is 6.07 Å². The van der Waals surface area contributed by atoms with E-state index < -0.39 is 11.9 Å².